The number of nitrogens with zero attached hydrogens (tertiary/aromatic N) is 1. The van der Waals surface area contributed by atoms with Gasteiger partial charge in [-0.15, -0.1) is 11.8 Å². The van der Waals surface area contributed by atoms with Crippen LogP contribution in [0.1, 0.15) is 32.6 Å². The second-order valence-electron chi connectivity index (χ2n) is 6.02. The van der Waals surface area contributed by atoms with Crippen molar-refractivity contribution in [3.8, 4) is 0 Å². The summed E-state index contributed by atoms with van der Waals surface area (Å²) in [5.41, 5.74) is 5.84. The molecule has 0 spiro atoms. The van der Waals surface area contributed by atoms with Crippen LogP contribution in [0.25, 0.3) is 0 Å². The molecule has 26 heavy (non-hydrogen) atoms. The van der Waals surface area contributed by atoms with Crippen LogP contribution >= 0.6 is 11.8 Å². The third-order valence-corrected chi connectivity index (χ3v) is 5.22. The fourth-order valence-corrected chi connectivity index (χ4v) is 3.52. The van der Waals surface area contributed by atoms with Gasteiger partial charge in [-0.1, -0.05) is 19.8 Å². The van der Waals surface area contributed by atoms with Gasteiger partial charge in [-0.3, -0.25) is 24.1 Å². The van der Waals surface area contributed by atoms with Crippen molar-refractivity contribution in [1.82, 2.24) is 15.5 Å². The minimum Gasteiger partial charge on any atom is -0.387 e. The Bertz CT molecular complexity index is 517. The summed E-state index contributed by atoms with van der Waals surface area (Å²) in [4.78, 5) is 48.1. The van der Waals surface area contributed by atoms with Crippen LogP contribution in [-0.2, 0) is 19.2 Å². The van der Waals surface area contributed by atoms with Crippen LogP contribution < -0.4 is 16.4 Å². The zero-order valence-corrected chi connectivity index (χ0v) is 15.8. The second kappa shape index (κ2) is 11.9. The molecule has 1 heterocycles. The van der Waals surface area contributed by atoms with Crippen LogP contribution in [0.2, 0.25) is 0 Å². The molecule has 9 nitrogen and oxygen atoms in total. The smallest absolute Gasteiger partial charge is 0.245 e. The number of hydrogen-bond acceptors (Lipinski definition) is 7. The minimum atomic E-state index is -0.734. The Labute approximate surface area is 157 Å². The van der Waals surface area contributed by atoms with E-state index in [0.717, 1.165) is 24.2 Å². The quantitative estimate of drug-likeness (QED) is 0.238. The molecule has 4 amide bonds. The van der Waals surface area contributed by atoms with Gasteiger partial charge in [0.15, 0.2) is 0 Å². The summed E-state index contributed by atoms with van der Waals surface area (Å²) in [6, 6.07) is -0.734. The monoisotopic (exact) mass is 388 g/mol. The van der Waals surface area contributed by atoms with Crippen molar-refractivity contribution >= 4 is 35.4 Å². The molecule has 5 N–H and O–H groups in total. The lowest BCUT2D eigenvalue weighted by Crippen LogP contribution is -2.43. The predicted molar refractivity (Wildman–Crippen MR) is 98.2 cm³/mol. The molecule has 2 atom stereocenters. The molecule has 1 aliphatic rings. The number of rotatable bonds is 12. The van der Waals surface area contributed by atoms with Gasteiger partial charge in [-0.25, -0.2) is 0 Å². The molecule has 0 aliphatic carbocycles. The van der Waals surface area contributed by atoms with Crippen LogP contribution in [0.15, 0.2) is 0 Å². The maximum absolute atomic E-state index is 12.3. The van der Waals surface area contributed by atoms with Crippen molar-refractivity contribution < 1.29 is 24.3 Å². The fraction of sp³-hybridized carbons (Fsp3) is 0.750. The molecule has 0 radical (unpaired) electrons. The molecule has 0 aromatic heterocycles. The summed E-state index contributed by atoms with van der Waals surface area (Å²) >= 11 is 1.20. The van der Waals surface area contributed by atoms with Crippen LogP contribution in [0, 0.1) is 0 Å². The number of aliphatic hydroxyl groups is 1. The molecule has 1 fully saturated rings. The van der Waals surface area contributed by atoms with Gasteiger partial charge in [0.1, 0.15) is 6.61 Å². The van der Waals surface area contributed by atoms with Crippen molar-refractivity contribution in [2.45, 2.75) is 43.9 Å². The van der Waals surface area contributed by atoms with E-state index in [1.165, 1.54) is 11.8 Å². The highest BCUT2D eigenvalue weighted by Crippen LogP contribution is 2.25. The molecule has 1 aliphatic heterocycles. The average Bonchev–Trinajstić information content (AvgIpc) is 2.90. The first-order chi connectivity index (χ1) is 12.4. The Hall–Kier alpha value is -1.65. The Kier molecular flexibility index (Phi) is 10.2. The van der Waals surface area contributed by atoms with Gasteiger partial charge < -0.3 is 21.5 Å². The number of thioether (sulfide) groups is 1. The molecular weight excluding hydrogens is 360 g/mol. The average molecular weight is 388 g/mol. The second-order valence-corrected chi connectivity index (χ2v) is 7.26. The van der Waals surface area contributed by atoms with Gasteiger partial charge in [-0.2, -0.15) is 0 Å². The minimum absolute atomic E-state index is 0.0578. The Morgan fingerprint density at radius 1 is 1.31 bits per heavy atom. The van der Waals surface area contributed by atoms with E-state index in [-0.39, 0.29) is 43.0 Å². The van der Waals surface area contributed by atoms with Crippen LogP contribution in [0.3, 0.4) is 0 Å². The topological polar surface area (TPSA) is 142 Å². The summed E-state index contributed by atoms with van der Waals surface area (Å²) in [5.74, 6) is -1.23. The van der Waals surface area contributed by atoms with E-state index in [0.29, 0.717) is 6.54 Å². The molecule has 10 heteroatoms. The zero-order chi connectivity index (χ0) is 19.5. The molecule has 148 valence electrons. The largest absolute Gasteiger partial charge is 0.387 e. The van der Waals surface area contributed by atoms with E-state index in [2.05, 4.69) is 17.6 Å². The third kappa shape index (κ3) is 7.30. The number of nitrogens with one attached hydrogen (secondary N) is 2. The lowest BCUT2D eigenvalue weighted by Gasteiger charge is -2.16. The Balaban J connectivity index is 2.34. The summed E-state index contributed by atoms with van der Waals surface area (Å²) in [6.45, 7) is 2.17. The van der Waals surface area contributed by atoms with Crippen molar-refractivity contribution in [1.29, 1.82) is 0 Å². The van der Waals surface area contributed by atoms with Gasteiger partial charge in [0.25, 0.3) is 0 Å². The molecule has 0 aromatic carbocycles. The van der Waals surface area contributed by atoms with Gasteiger partial charge >= 0.3 is 0 Å². The van der Waals surface area contributed by atoms with Crippen molar-refractivity contribution in [2.24, 2.45) is 5.73 Å². The zero-order valence-electron chi connectivity index (χ0n) is 15.0. The molecule has 0 bridgehead atoms. The van der Waals surface area contributed by atoms with Crippen LogP contribution in [0.4, 0.5) is 0 Å². The maximum atomic E-state index is 12.3. The van der Waals surface area contributed by atoms with Crippen LogP contribution in [0.5, 0.6) is 0 Å². The number of carbonyl (C=O) groups excluding carboxylic acids is 4. The highest BCUT2D eigenvalue weighted by atomic mass is 32.2. The van der Waals surface area contributed by atoms with Gasteiger partial charge in [-0.05, 0) is 6.42 Å². The van der Waals surface area contributed by atoms with E-state index in [4.69, 9.17) is 10.8 Å². The number of amides is 4. The normalized spacial score (nSPS) is 18.1. The first-order valence-electron chi connectivity index (χ1n) is 8.77. The van der Waals surface area contributed by atoms with Gasteiger partial charge in [0.2, 0.25) is 23.6 Å². The predicted octanol–water partition coefficient (Wildman–Crippen LogP) is -1.41. The third-order valence-electron chi connectivity index (χ3n) is 3.90. The standard InChI is InChI=1S/C16H28N4O5S/c1-2-3-4-5-19-15(24)11(17)10-26-12-8-14(23)20(16(12)25)7-6-18-13(22)9-21/h11-12,21H,2-10,17H2,1H3,(H,18,22)(H,19,24)/t11-,12?/m0/s1. The molecule has 1 unspecified atom stereocenters. The number of aliphatic hydroxyl groups excluding tert-OH is 1. The van der Waals surface area contributed by atoms with E-state index in [1.807, 2.05) is 0 Å². The number of carbonyl (C=O) groups is 4. The van der Waals surface area contributed by atoms with E-state index < -0.39 is 23.8 Å². The van der Waals surface area contributed by atoms with E-state index in [9.17, 15) is 19.2 Å². The SMILES string of the molecule is CCCCCNC(=O)[C@@H](N)CSC1CC(=O)N(CCNC(=O)CO)C1=O. The summed E-state index contributed by atoms with van der Waals surface area (Å²) in [6.07, 6.45) is 3.06. The molecule has 0 aromatic rings. The Morgan fingerprint density at radius 2 is 2.04 bits per heavy atom. The van der Waals surface area contributed by atoms with Crippen molar-refractivity contribution in [3.63, 3.8) is 0 Å². The number of likely N-dealkylation sites (tertiary alicyclic amines) is 1. The molecular formula is C16H28N4O5S. The fourth-order valence-electron chi connectivity index (χ4n) is 2.39. The first kappa shape index (κ1) is 22.4. The molecule has 1 saturated heterocycles. The number of hydrogen-bond donors (Lipinski definition) is 4. The number of unbranched alkanes of at least 4 members (excludes halogenated alkanes) is 2. The summed E-state index contributed by atoms with van der Waals surface area (Å²) in [5, 5.41) is 13.2. The van der Waals surface area contributed by atoms with Gasteiger partial charge in [0, 0.05) is 31.8 Å². The lowest BCUT2D eigenvalue weighted by atomic mass is 10.2. The summed E-state index contributed by atoms with van der Waals surface area (Å²) < 4.78 is 0. The molecule has 1 rings (SSSR count). The van der Waals surface area contributed by atoms with Crippen LogP contribution in [-0.4, -0.2) is 76.9 Å². The highest BCUT2D eigenvalue weighted by Gasteiger charge is 2.38. The van der Waals surface area contributed by atoms with E-state index >= 15 is 0 Å². The van der Waals surface area contributed by atoms with Crippen molar-refractivity contribution in [3.05, 3.63) is 0 Å². The highest BCUT2D eigenvalue weighted by molar-refractivity contribution is 8.00. The first-order valence-corrected chi connectivity index (χ1v) is 9.82. The van der Waals surface area contributed by atoms with Crippen molar-refractivity contribution in [2.75, 3.05) is 32.0 Å². The number of imide groups is 1. The lowest BCUT2D eigenvalue weighted by molar-refractivity contribution is -0.138. The number of nitrogens with two attached hydrogens (primary N) is 1. The molecule has 0 saturated carbocycles. The van der Waals surface area contributed by atoms with Gasteiger partial charge in [0.05, 0.1) is 11.3 Å². The Morgan fingerprint density at radius 3 is 2.69 bits per heavy atom. The maximum Gasteiger partial charge on any atom is 0.245 e. The van der Waals surface area contributed by atoms with E-state index in [1.54, 1.807) is 0 Å². The summed E-state index contributed by atoms with van der Waals surface area (Å²) in [7, 11) is 0.